The Morgan fingerprint density at radius 1 is 1.55 bits per heavy atom. The summed E-state index contributed by atoms with van der Waals surface area (Å²) in [7, 11) is 1.72. The monoisotopic (exact) mass is 280 g/mol. The Morgan fingerprint density at radius 2 is 2.25 bits per heavy atom. The molecular weight excluding hydrogens is 256 g/mol. The highest BCUT2D eigenvalue weighted by Crippen LogP contribution is 2.37. The third-order valence-electron chi connectivity index (χ3n) is 4.00. The highest BCUT2D eigenvalue weighted by Gasteiger charge is 2.34. The fourth-order valence-corrected chi connectivity index (χ4v) is 2.97. The van der Waals surface area contributed by atoms with Crippen LogP contribution in [0, 0.1) is 12.3 Å². The van der Waals surface area contributed by atoms with Gasteiger partial charge in [-0.05, 0) is 19.8 Å². The summed E-state index contributed by atoms with van der Waals surface area (Å²) >= 11 is 0. The van der Waals surface area contributed by atoms with Crippen LogP contribution >= 0.6 is 0 Å². The SMILES string of the molecule is COCC1(CNC(=O)Cn2nc(C)cc2N)CCCC1. The minimum absolute atomic E-state index is 0.0535. The molecule has 0 saturated heterocycles. The molecule has 1 fully saturated rings. The second kappa shape index (κ2) is 6.26. The van der Waals surface area contributed by atoms with E-state index in [1.165, 1.54) is 17.5 Å². The van der Waals surface area contributed by atoms with Gasteiger partial charge in [-0.3, -0.25) is 4.79 Å². The number of nitrogens with two attached hydrogens (primary N) is 1. The van der Waals surface area contributed by atoms with E-state index in [-0.39, 0.29) is 17.9 Å². The predicted octanol–water partition coefficient (Wildman–Crippen LogP) is 1.10. The van der Waals surface area contributed by atoms with Gasteiger partial charge in [0.1, 0.15) is 12.4 Å². The van der Waals surface area contributed by atoms with Gasteiger partial charge in [0.2, 0.25) is 5.91 Å². The minimum atomic E-state index is -0.0535. The number of ether oxygens (including phenoxy) is 1. The standard InChI is InChI=1S/C14H24N4O2/c1-11-7-12(15)18(17-11)8-13(19)16-9-14(10-20-2)5-3-4-6-14/h7H,3-6,8-10,15H2,1-2H3,(H,16,19). The molecule has 6 nitrogen and oxygen atoms in total. The third-order valence-corrected chi connectivity index (χ3v) is 4.00. The Balaban J connectivity index is 1.86. The summed E-state index contributed by atoms with van der Waals surface area (Å²) < 4.78 is 6.84. The number of rotatable bonds is 6. The van der Waals surface area contributed by atoms with Gasteiger partial charge in [-0.1, -0.05) is 12.8 Å². The third kappa shape index (κ3) is 3.50. The van der Waals surface area contributed by atoms with Crippen molar-refractivity contribution in [2.24, 2.45) is 5.41 Å². The van der Waals surface area contributed by atoms with Gasteiger partial charge in [0.25, 0.3) is 0 Å². The van der Waals surface area contributed by atoms with Crippen LogP contribution in [0.1, 0.15) is 31.4 Å². The summed E-state index contributed by atoms with van der Waals surface area (Å²) in [6.07, 6.45) is 4.66. The molecule has 0 aromatic carbocycles. The number of carbonyl (C=O) groups excluding carboxylic acids is 1. The molecule has 2 rings (SSSR count). The van der Waals surface area contributed by atoms with Crippen LogP contribution in [-0.2, 0) is 16.1 Å². The number of carbonyl (C=O) groups is 1. The van der Waals surface area contributed by atoms with Crippen molar-refractivity contribution in [2.75, 3.05) is 26.0 Å². The Hall–Kier alpha value is -1.56. The summed E-state index contributed by atoms with van der Waals surface area (Å²) in [5, 5.41) is 7.19. The fraction of sp³-hybridized carbons (Fsp3) is 0.714. The maximum Gasteiger partial charge on any atom is 0.241 e. The van der Waals surface area contributed by atoms with Gasteiger partial charge in [0.15, 0.2) is 0 Å². The van der Waals surface area contributed by atoms with Crippen LogP contribution in [0.25, 0.3) is 0 Å². The largest absolute Gasteiger partial charge is 0.384 e. The maximum atomic E-state index is 12.0. The summed E-state index contributed by atoms with van der Waals surface area (Å²) in [4.78, 5) is 12.0. The maximum absolute atomic E-state index is 12.0. The Labute approximate surface area is 119 Å². The van der Waals surface area contributed by atoms with Crippen molar-refractivity contribution in [1.29, 1.82) is 0 Å². The highest BCUT2D eigenvalue weighted by molar-refractivity contribution is 5.76. The first kappa shape index (κ1) is 14.8. The van der Waals surface area contributed by atoms with E-state index in [4.69, 9.17) is 10.5 Å². The van der Waals surface area contributed by atoms with Crippen molar-refractivity contribution in [3.8, 4) is 0 Å². The van der Waals surface area contributed by atoms with E-state index >= 15 is 0 Å². The van der Waals surface area contributed by atoms with E-state index in [0.717, 1.165) is 18.5 Å². The van der Waals surface area contributed by atoms with Crippen molar-refractivity contribution in [3.05, 3.63) is 11.8 Å². The Morgan fingerprint density at radius 3 is 2.80 bits per heavy atom. The van der Waals surface area contributed by atoms with Gasteiger partial charge in [-0.2, -0.15) is 5.10 Å². The molecule has 1 amide bonds. The molecule has 1 aliphatic rings. The van der Waals surface area contributed by atoms with Gasteiger partial charge in [-0.25, -0.2) is 4.68 Å². The molecule has 6 heteroatoms. The van der Waals surface area contributed by atoms with Crippen LogP contribution in [0.5, 0.6) is 0 Å². The number of aromatic nitrogens is 2. The lowest BCUT2D eigenvalue weighted by molar-refractivity contribution is -0.122. The number of methoxy groups -OCH3 is 1. The van der Waals surface area contributed by atoms with Crippen LogP contribution in [0.2, 0.25) is 0 Å². The van der Waals surface area contributed by atoms with Crippen LogP contribution in [0.15, 0.2) is 6.07 Å². The molecule has 0 unspecified atom stereocenters. The molecule has 1 aromatic rings. The predicted molar refractivity (Wildman–Crippen MR) is 77.2 cm³/mol. The molecule has 112 valence electrons. The zero-order chi connectivity index (χ0) is 14.6. The number of hydrogen-bond acceptors (Lipinski definition) is 4. The summed E-state index contributed by atoms with van der Waals surface area (Å²) in [5.74, 6) is 0.465. The van der Waals surface area contributed by atoms with Crippen molar-refractivity contribution in [2.45, 2.75) is 39.2 Å². The van der Waals surface area contributed by atoms with E-state index in [0.29, 0.717) is 19.0 Å². The van der Waals surface area contributed by atoms with E-state index < -0.39 is 0 Å². The molecule has 0 spiro atoms. The molecule has 0 atom stereocenters. The highest BCUT2D eigenvalue weighted by atomic mass is 16.5. The number of hydrogen-bond donors (Lipinski definition) is 2. The van der Waals surface area contributed by atoms with Gasteiger partial charge < -0.3 is 15.8 Å². The summed E-state index contributed by atoms with van der Waals surface area (Å²) in [6.45, 7) is 3.40. The zero-order valence-electron chi connectivity index (χ0n) is 12.3. The smallest absolute Gasteiger partial charge is 0.241 e. The van der Waals surface area contributed by atoms with Gasteiger partial charge in [-0.15, -0.1) is 0 Å². The average molecular weight is 280 g/mol. The van der Waals surface area contributed by atoms with Crippen LogP contribution in [0.3, 0.4) is 0 Å². The Kier molecular flexibility index (Phi) is 4.65. The van der Waals surface area contributed by atoms with E-state index in [2.05, 4.69) is 10.4 Å². The molecule has 0 aliphatic heterocycles. The summed E-state index contributed by atoms with van der Waals surface area (Å²) in [6, 6.07) is 1.76. The van der Waals surface area contributed by atoms with Crippen molar-refractivity contribution >= 4 is 11.7 Å². The lowest BCUT2D eigenvalue weighted by Gasteiger charge is -2.28. The number of nitrogen functional groups attached to an aromatic ring is 1. The lowest BCUT2D eigenvalue weighted by Crippen LogP contribution is -2.40. The number of amides is 1. The average Bonchev–Trinajstić information content (AvgIpc) is 2.96. The summed E-state index contributed by atoms with van der Waals surface area (Å²) in [5.41, 5.74) is 6.71. The van der Waals surface area contributed by atoms with E-state index in [1.807, 2.05) is 6.92 Å². The number of nitrogens with zero attached hydrogens (tertiary/aromatic N) is 2. The first-order valence-corrected chi connectivity index (χ1v) is 7.10. The quantitative estimate of drug-likeness (QED) is 0.817. The van der Waals surface area contributed by atoms with Gasteiger partial charge >= 0.3 is 0 Å². The molecule has 0 radical (unpaired) electrons. The molecular formula is C14H24N4O2. The second-order valence-corrected chi connectivity index (χ2v) is 5.79. The number of anilines is 1. The fourth-order valence-electron chi connectivity index (χ4n) is 2.97. The first-order chi connectivity index (χ1) is 9.54. The second-order valence-electron chi connectivity index (χ2n) is 5.79. The first-order valence-electron chi connectivity index (χ1n) is 7.10. The van der Waals surface area contributed by atoms with Crippen LogP contribution in [0.4, 0.5) is 5.82 Å². The normalized spacial score (nSPS) is 17.3. The topological polar surface area (TPSA) is 82.2 Å². The van der Waals surface area contributed by atoms with Crippen molar-refractivity contribution in [1.82, 2.24) is 15.1 Å². The lowest BCUT2D eigenvalue weighted by atomic mass is 9.87. The molecule has 0 bridgehead atoms. The molecule has 1 heterocycles. The number of nitrogens with one attached hydrogen (secondary N) is 1. The van der Waals surface area contributed by atoms with Gasteiger partial charge in [0, 0.05) is 25.1 Å². The zero-order valence-corrected chi connectivity index (χ0v) is 12.3. The van der Waals surface area contributed by atoms with E-state index in [1.54, 1.807) is 13.2 Å². The van der Waals surface area contributed by atoms with Crippen LogP contribution in [-0.4, -0.2) is 35.9 Å². The molecule has 1 aliphatic carbocycles. The Bertz CT molecular complexity index is 464. The minimum Gasteiger partial charge on any atom is -0.384 e. The van der Waals surface area contributed by atoms with Crippen LogP contribution < -0.4 is 11.1 Å². The molecule has 20 heavy (non-hydrogen) atoms. The van der Waals surface area contributed by atoms with Crippen molar-refractivity contribution < 1.29 is 9.53 Å². The molecule has 1 saturated carbocycles. The molecule has 1 aromatic heterocycles. The van der Waals surface area contributed by atoms with Crippen molar-refractivity contribution in [3.63, 3.8) is 0 Å². The van der Waals surface area contributed by atoms with E-state index in [9.17, 15) is 4.79 Å². The van der Waals surface area contributed by atoms with Gasteiger partial charge in [0.05, 0.1) is 12.3 Å². The molecule has 3 N–H and O–H groups in total. The number of aryl methyl sites for hydroxylation is 1.